The average Bonchev–Trinajstić information content (AvgIpc) is 2.67. The number of para-hydroxylation sites is 1. The number of nitrogens with zero attached hydrogens (tertiary/aromatic N) is 2. The third kappa shape index (κ3) is 5.28. The van der Waals surface area contributed by atoms with E-state index in [4.69, 9.17) is 9.47 Å². The zero-order valence-electron chi connectivity index (χ0n) is 15.3. The minimum Gasteiger partial charge on any atom is -0.482 e. The monoisotopic (exact) mass is 363 g/mol. The number of ether oxygens (including phenoxy) is 2. The molecule has 6 nitrogen and oxygen atoms in total. The van der Waals surface area contributed by atoms with Crippen LogP contribution in [0.2, 0.25) is 0 Å². The van der Waals surface area contributed by atoms with Crippen molar-refractivity contribution in [2.45, 2.75) is 20.3 Å². The highest BCUT2D eigenvalue weighted by Gasteiger charge is 2.09. The van der Waals surface area contributed by atoms with Gasteiger partial charge in [-0.3, -0.25) is 0 Å². The molecule has 0 fully saturated rings. The highest BCUT2D eigenvalue weighted by atomic mass is 16.6. The summed E-state index contributed by atoms with van der Waals surface area (Å²) in [5.41, 5.74) is 2.67. The zero-order chi connectivity index (χ0) is 19.1. The van der Waals surface area contributed by atoms with Crippen molar-refractivity contribution in [2.24, 2.45) is 0 Å². The van der Waals surface area contributed by atoms with Crippen LogP contribution in [0.3, 0.4) is 0 Å². The van der Waals surface area contributed by atoms with Crippen LogP contribution >= 0.6 is 0 Å². The Balaban J connectivity index is 1.59. The molecule has 0 bridgehead atoms. The SMILES string of the molecule is CCc1ccccc1OCC(=O)Oc1cccc(Nc2cc(C)ncn2)c1. The number of benzene rings is 2. The summed E-state index contributed by atoms with van der Waals surface area (Å²) in [6.45, 7) is 3.78. The summed E-state index contributed by atoms with van der Waals surface area (Å²) in [6, 6.07) is 16.6. The van der Waals surface area contributed by atoms with Gasteiger partial charge in [0, 0.05) is 23.5 Å². The summed E-state index contributed by atoms with van der Waals surface area (Å²) in [7, 11) is 0. The zero-order valence-corrected chi connectivity index (χ0v) is 15.3. The molecule has 3 aromatic rings. The van der Waals surface area contributed by atoms with Gasteiger partial charge in [0.1, 0.15) is 23.6 Å². The number of aryl methyl sites for hydroxylation is 2. The molecule has 0 atom stereocenters. The molecular weight excluding hydrogens is 342 g/mol. The van der Waals surface area contributed by atoms with Gasteiger partial charge in [0.25, 0.3) is 0 Å². The number of hydrogen-bond donors (Lipinski definition) is 1. The maximum atomic E-state index is 12.1. The number of rotatable bonds is 7. The second kappa shape index (κ2) is 8.80. The Labute approximate surface area is 158 Å². The minimum absolute atomic E-state index is 0.153. The second-order valence-electron chi connectivity index (χ2n) is 5.92. The van der Waals surface area contributed by atoms with Gasteiger partial charge in [0.05, 0.1) is 0 Å². The maximum Gasteiger partial charge on any atom is 0.349 e. The van der Waals surface area contributed by atoms with E-state index in [1.165, 1.54) is 6.33 Å². The minimum atomic E-state index is -0.462. The Kier molecular flexibility index (Phi) is 5.99. The van der Waals surface area contributed by atoms with E-state index < -0.39 is 5.97 Å². The van der Waals surface area contributed by atoms with E-state index in [-0.39, 0.29) is 6.61 Å². The fourth-order valence-corrected chi connectivity index (χ4v) is 2.54. The molecule has 0 saturated carbocycles. The fraction of sp³-hybridized carbons (Fsp3) is 0.190. The lowest BCUT2D eigenvalue weighted by atomic mass is 10.1. The second-order valence-corrected chi connectivity index (χ2v) is 5.92. The van der Waals surface area contributed by atoms with Crippen LogP contribution in [0, 0.1) is 6.92 Å². The van der Waals surface area contributed by atoms with Gasteiger partial charge in [-0.25, -0.2) is 14.8 Å². The van der Waals surface area contributed by atoms with Crippen LogP contribution in [0.4, 0.5) is 11.5 Å². The standard InChI is InChI=1S/C21H21N3O3/c1-3-16-7-4-5-10-19(16)26-13-21(25)27-18-9-6-8-17(12-18)24-20-11-15(2)22-14-23-20/h4-12,14H,3,13H2,1-2H3,(H,22,23,24). The quantitative estimate of drug-likeness (QED) is 0.504. The highest BCUT2D eigenvalue weighted by molar-refractivity contribution is 5.74. The number of hydrogen-bond acceptors (Lipinski definition) is 6. The summed E-state index contributed by atoms with van der Waals surface area (Å²) in [4.78, 5) is 20.3. The number of nitrogens with one attached hydrogen (secondary N) is 1. The molecule has 0 saturated heterocycles. The van der Waals surface area contributed by atoms with Gasteiger partial charge in [-0.15, -0.1) is 0 Å². The normalized spacial score (nSPS) is 10.3. The highest BCUT2D eigenvalue weighted by Crippen LogP contribution is 2.21. The smallest absolute Gasteiger partial charge is 0.349 e. The van der Waals surface area contributed by atoms with Crippen LogP contribution in [0.25, 0.3) is 0 Å². The first-order valence-corrected chi connectivity index (χ1v) is 8.71. The van der Waals surface area contributed by atoms with Crippen molar-refractivity contribution < 1.29 is 14.3 Å². The number of carbonyl (C=O) groups is 1. The fourth-order valence-electron chi connectivity index (χ4n) is 2.54. The molecule has 0 radical (unpaired) electrons. The van der Waals surface area contributed by atoms with Crippen LogP contribution in [0.15, 0.2) is 60.9 Å². The molecule has 1 heterocycles. The summed E-state index contributed by atoms with van der Waals surface area (Å²) < 4.78 is 11.0. The number of carbonyl (C=O) groups excluding carboxylic acids is 1. The van der Waals surface area contributed by atoms with E-state index in [1.54, 1.807) is 18.2 Å². The Morgan fingerprint density at radius 3 is 2.74 bits per heavy atom. The third-order valence-electron chi connectivity index (χ3n) is 3.84. The van der Waals surface area contributed by atoms with E-state index in [1.807, 2.05) is 50.2 Å². The van der Waals surface area contributed by atoms with Gasteiger partial charge < -0.3 is 14.8 Å². The predicted octanol–water partition coefficient (Wildman–Crippen LogP) is 4.08. The Bertz CT molecular complexity index is 928. The van der Waals surface area contributed by atoms with Gasteiger partial charge in [-0.05, 0) is 37.1 Å². The lowest BCUT2D eigenvalue weighted by molar-refractivity contribution is -0.136. The first-order chi connectivity index (χ1) is 13.1. The van der Waals surface area contributed by atoms with Crippen molar-refractivity contribution in [3.63, 3.8) is 0 Å². The molecule has 0 aliphatic rings. The van der Waals surface area contributed by atoms with Crippen molar-refractivity contribution in [2.75, 3.05) is 11.9 Å². The summed E-state index contributed by atoms with van der Waals surface area (Å²) in [5, 5.41) is 3.16. The Morgan fingerprint density at radius 2 is 1.93 bits per heavy atom. The van der Waals surface area contributed by atoms with Gasteiger partial charge in [0.2, 0.25) is 0 Å². The molecule has 27 heavy (non-hydrogen) atoms. The van der Waals surface area contributed by atoms with Gasteiger partial charge in [-0.2, -0.15) is 0 Å². The van der Waals surface area contributed by atoms with Crippen molar-refractivity contribution >= 4 is 17.5 Å². The summed E-state index contributed by atoms with van der Waals surface area (Å²) in [6.07, 6.45) is 2.33. The molecule has 0 unspecified atom stereocenters. The molecule has 0 aliphatic heterocycles. The van der Waals surface area contributed by atoms with Crippen molar-refractivity contribution in [3.8, 4) is 11.5 Å². The van der Waals surface area contributed by atoms with E-state index >= 15 is 0 Å². The number of esters is 1. The first kappa shape index (κ1) is 18.4. The van der Waals surface area contributed by atoms with Crippen LogP contribution in [-0.2, 0) is 11.2 Å². The first-order valence-electron chi connectivity index (χ1n) is 8.71. The number of anilines is 2. The molecule has 1 aromatic heterocycles. The van der Waals surface area contributed by atoms with Crippen molar-refractivity contribution in [1.82, 2.24) is 9.97 Å². The van der Waals surface area contributed by atoms with Crippen LogP contribution in [0.1, 0.15) is 18.2 Å². The van der Waals surface area contributed by atoms with Gasteiger partial charge >= 0.3 is 5.97 Å². The molecule has 3 rings (SSSR count). The summed E-state index contributed by atoms with van der Waals surface area (Å²) in [5.74, 6) is 1.34. The van der Waals surface area contributed by atoms with Crippen LogP contribution in [-0.4, -0.2) is 22.5 Å². The molecular formula is C21H21N3O3. The lowest BCUT2D eigenvalue weighted by Crippen LogP contribution is -2.18. The van der Waals surface area contributed by atoms with Crippen LogP contribution in [0.5, 0.6) is 11.5 Å². The molecule has 1 N–H and O–H groups in total. The van der Waals surface area contributed by atoms with E-state index in [0.29, 0.717) is 17.3 Å². The maximum absolute atomic E-state index is 12.1. The molecule has 138 valence electrons. The van der Waals surface area contributed by atoms with Gasteiger partial charge in [0.15, 0.2) is 6.61 Å². The van der Waals surface area contributed by atoms with Crippen molar-refractivity contribution in [3.05, 3.63) is 72.2 Å². The van der Waals surface area contributed by atoms with Gasteiger partial charge in [-0.1, -0.05) is 31.2 Å². The largest absolute Gasteiger partial charge is 0.482 e. The molecule has 0 spiro atoms. The number of aromatic nitrogens is 2. The molecule has 2 aromatic carbocycles. The summed E-state index contributed by atoms with van der Waals surface area (Å²) >= 11 is 0. The van der Waals surface area contributed by atoms with E-state index in [0.717, 1.165) is 23.4 Å². The van der Waals surface area contributed by atoms with E-state index in [9.17, 15) is 4.79 Å². The lowest BCUT2D eigenvalue weighted by Gasteiger charge is -2.11. The average molecular weight is 363 g/mol. The van der Waals surface area contributed by atoms with E-state index in [2.05, 4.69) is 15.3 Å². The Morgan fingerprint density at radius 1 is 1.07 bits per heavy atom. The van der Waals surface area contributed by atoms with Crippen molar-refractivity contribution in [1.29, 1.82) is 0 Å². The predicted molar refractivity (Wildman–Crippen MR) is 103 cm³/mol. The topological polar surface area (TPSA) is 73.3 Å². The van der Waals surface area contributed by atoms with Crippen LogP contribution < -0.4 is 14.8 Å². The Hall–Kier alpha value is -3.41. The molecule has 0 amide bonds. The molecule has 0 aliphatic carbocycles. The molecule has 6 heteroatoms. The third-order valence-corrected chi connectivity index (χ3v) is 3.84.